The van der Waals surface area contributed by atoms with Crippen LogP contribution in [0.4, 0.5) is 10.1 Å². The summed E-state index contributed by atoms with van der Waals surface area (Å²) < 4.78 is 21.1. The third kappa shape index (κ3) is 2.90. The number of piperidine rings is 1. The Balaban J connectivity index is 1.51. The van der Waals surface area contributed by atoms with Crippen molar-refractivity contribution in [3.05, 3.63) is 48.0 Å². The third-order valence-electron chi connectivity index (χ3n) is 6.04. The maximum Gasteiger partial charge on any atom is 0.272 e. The molecule has 3 heterocycles. The van der Waals surface area contributed by atoms with Gasteiger partial charge in [0.25, 0.3) is 5.91 Å². The first-order valence-corrected chi connectivity index (χ1v) is 9.46. The molecule has 2 aromatic rings. The van der Waals surface area contributed by atoms with Crippen molar-refractivity contribution >= 4 is 11.6 Å². The number of amides is 1. The number of benzene rings is 1. The Morgan fingerprint density at radius 1 is 1.33 bits per heavy atom. The summed E-state index contributed by atoms with van der Waals surface area (Å²) in [5, 5.41) is 4.20. The summed E-state index contributed by atoms with van der Waals surface area (Å²) in [6.45, 7) is 4.70. The standard InChI is InChI=1S/C20H25FN4O2/c1-3-25-17(7-10-22-25)19(26)23-11-8-20(9-12-23)18(27-2)14-24(20)16-6-4-5-15(21)13-16/h4-7,10,13,18H,3,8-9,11-12,14H2,1-2H3. The zero-order chi connectivity index (χ0) is 19.0. The van der Waals surface area contributed by atoms with Gasteiger partial charge in [0.15, 0.2) is 0 Å². The zero-order valence-electron chi connectivity index (χ0n) is 15.8. The van der Waals surface area contributed by atoms with Crippen LogP contribution in [0.5, 0.6) is 0 Å². The van der Waals surface area contributed by atoms with E-state index >= 15 is 0 Å². The number of carbonyl (C=O) groups excluding carboxylic acids is 1. The molecule has 6 nitrogen and oxygen atoms in total. The number of ether oxygens (including phenoxy) is 1. The third-order valence-corrected chi connectivity index (χ3v) is 6.04. The Kier molecular flexibility index (Phi) is 4.63. The molecule has 0 aliphatic carbocycles. The lowest BCUT2D eigenvalue weighted by atomic mass is 9.73. The Bertz CT molecular complexity index is 829. The molecule has 1 aromatic carbocycles. The second-order valence-electron chi connectivity index (χ2n) is 7.24. The monoisotopic (exact) mass is 372 g/mol. The van der Waals surface area contributed by atoms with Crippen molar-refractivity contribution in [3.8, 4) is 0 Å². The van der Waals surface area contributed by atoms with E-state index in [1.165, 1.54) is 6.07 Å². The van der Waals surface area contributed by atoms with Gasteiger partial charge in [-0.1, -0.05) is 6.07 Å². The molecule has 2 fully saturated rings. The van der Waals surface area contributed by atoms with Gasteiger partial charge < -0.3 is 14.5 Å². The highest BCUT2D eigenvalue weighted by atomic mass is 19.1. The predicted molar refractivity (Wildman–Crippen MR) is 100 cm³/mol. The van der Waals surface area contributed by atoms with Crippen LogP contribution in [0.15, 0.2) is 36.5 Å². The van der Waals surface area contributed by atoms with Gasteiger partial charge in [0.2, 0.25) is 0 Å². The molecule has 0 N–H and O–H groups in total. The zero-order valence-corrected chi connectivity index (χ0v) is 15.8. The summed E-state index contributed by atoms with van der Waals surface area (Å²) >= 11 is 0. The van der Waals surface area contributed by atoms with Crippen molar-refractivity contribution in [1.82, 2.24) is 14.7 Å². The smallest absolute Gasteiger partial charge is 0.272 e. The summed E-state index contributed by atoms with van der Waals surface area (Å²) in [5.74, 6) is -0.209. The number of hydrogen-bond acceptors (Lipinski definition) is 4. The molecule has 144 valence electrons. The number of halogens is 1. The minimum Gasteiger partial charge on any atom is -0.377 e. The van der Waals surface area contributed by atoms with Crippen molar-refractivity contribution in [3.63, 3.8) is 0 Å². The number of nitrogens with zero attached hydrogens (tertiary/aromatic N) is 4. The molecule has 2 aliphatic rings. The maximum absolute atomic E-state index is 13.7. The first kappa shape index (κ1) is 18.0. The van der Waals surface area contributed by atoms with E-state index in [1.807, 2.05) is 17.9 Å². The van der Waals surface area contributed by atoms with Crippen LogP contribution in [0, 0.1) is 5.82 Å². The normalized spacial score (nSPS) is 21.4. The summed E-state index contributed by atoms with van der Waals surface area (Å²) in [7, 11) is 1.73. The average molecular weight is 372 g/mol. The molecular formula is C20H25FN4O2. The topological polar surface area (TPSA) is 50.6 Å². The van der Waals surface area contributed by atoms with Crippen LogP contribution in [0.25, 0.3) is 0 Å². The molecular weight excluding hydrogens is 347 g/mol. The summed E-state index contributed by atoms with van der Waals surface area (Å²) in [6.07, 6.45) is 3.36. The number of anilines is 1. The van der Waals surface area contributed by atoms with Crippen molar-refractivity contribution in [2.24, 2.45) is 0 Å². The fraction of sp³-hybridized carbons (Fsp3) is 0.500. The van der Waals surface area contributed by atoms with Crippen molar-refractivity contribution in [2.45, 2.75) is 38.0 Å². The van der Waals surface area contributed by atoms with E-state index in [4.69, 9.17) is 4.74 Å². The van der Waals surface area contributed by atoms with Crippen LogP contribution in [0.1, 0.15) is 30.3 Å². The molecule has 2 aliphatic heterocycles. The fourth-order valence-electron chi connectivity index (χ4n) is 4.50. The second kappa shape index (κ2) is 6.96. The lowest BCUT2D eigenvalue weighted by molar-refractivity contribution is -0.0434. The fourth-order valence-corrected chi connectivity index (χ4v) is 4.50. The number of aryl methyl sites for hydroxylation is 1. The number of likely N-dealkylation sites (tertiary alicyclic amines) is 1. The van der Waals surface area contributed by atoms with E-state index < -0.39 is 0 Å². The second-order valence-corrected chi connectivity index (χ2v) is 7.24. The molecule has 0 bridgehead atoms. The molecule has 2 saturated heterocycles. The van der Waals surface area contributed by atoms with Gasteiger partial charge in [0.05, 0.1) is 11.6 Å². The Labute approximate surface area is 158 Å². The van der Waals surface area contributed by atoms with Gasteiger partial charge in [-0.05, 0) is 44.0 Å². The highest BCUT2D eigenvalue weighted by Crippen LogP contribution is 2.44. The first-order chi connectivity index (χ1) is 13.1. The SMILES string of the molecule is CCn1nccc1C(=O)N1CCC2(CC1)C(OC)CN2c1cccc(F)c1. The Morgan fingerprint density at radius 3 is 2.78 bits per heavy atom. The van der Waals surface area contributed by atoms with Gasteiger partial charge in [-0.15, -0.1) is 0 Å². The van der Waals surface area contributed by atoms with E-state index in [0.717, 1.165) is 25.1 Å². The Morgan fingerprint density at radius 2 is 2.11 bits per heavy atom. The molecule has 1 atom stereocenters. The lowest BCUT2D eigenvalue weighted by Crippen LogP contribution is -2.74. The van der Waals surface area contributed by atoms with Crippen molar-refractivity contribution < 1.29 is 13.9 Å². The van der Waals surface area contributed by atoms with Crippen LogP contribution < -0.4 is 4.90 Å². The molecule has 4 rings (SSSR count). The van der Waals surface area contributed by atoms with Gasteiger partial charge in [0.1, 0.15) is 11.5 Å². The van der Waals surface area contributed by atoms with Gasteiger partial charge in [0, 0.05) is 45.2 Å². The van der Waals surface area contributed by atoms with E-state index in [-0.39, 0.29) is 23.4 Å². The predicted octanol–water partition coefficient (Wildman–Crippen LogP) is 2.55. The molecule has 1 amide bonds. The quantitative estimate of drug-likeness (QED) is 0.828. The first-order valence-electron chi connectivity index (χ1n) is 9.46. The van der Waals surface area contributed by atoms with Crippen molar-refractivity contribution in [2.75, 3.05) is 31.6 Å². The molecule has 1 aromatic heterocycles. The molecule has 7 heteroatoms. The maximum atomic E-state index is 13.7. The molecule has 0 saturated carbocycles. The van der Waals surface area contributed by atoms with Crippen LogP contribution in [0.3, 0.4) is 0 Å². The van der Waals surface area contributed by atoms with Gasteiger partial charge in [-0.25, -0.2) is 4.39 Å². The minimum absolute atomic E-state index is 0.0230. The van der Waals surface area contributed by atoms with Crippen LogP contribution in [-0.4, -0.2) is 59.0 Å². The van der Waals surface area contributed by atoms with Crippen LogP contribution >= 0.6 is 0 Å². The average Bonchev–Trinajstić information content (AvgIpc) is 3.16. The summed E-state index contributed by atoms with van der Waals surface area (Å²) in [4.78, 5) is 17.0. The largest absolute Gasteiger partial charge is 0.377 e. The van der Waals surface area contributed by atoms with Gasteiger partial charge in [-0.2, -0.15) is 5.10 Å². The Hall–Kier alpha value is -2.41. The van der Waals surface area contributed by atoms with Gasteiger partial charge >= 0.3 is 0 Å². The summed E-state index contributed by atoms with van der Waals surface area (Å²) in [5.41, 5.74) is 1.34. The minimum atomic E-state index is -0.232. The number of carbonyl (C=O) groups is 1. The molecule has 27 heavy (non-hydrogen) atoms. The number of methoxy groups -OCH3 is 1. The number of rotatable bonds is 4. The summed E-state index contributed by atoms with van der Waals surface area (Å²) in [6, 6.07) is 8.49. The molecule has 1 spiro atoms. The van der Waals surface area contributed by atoms with Crippen LogP contribution in [-0.2, 0) is 11.3 Å². The highest BCUT2D eigenvalue weighted by molar-refractivity contribution is 5.92. The van der Waals surface area contributed by atoms with Gasteiger partial charge in [-0.3, -0.25) is 9.48 Å². The van der Waals surface area contributed by atoms with Crippen molar-refractivity contribution in [1.29, 1.82) is 0 Å². The highest BCUT2D eigenvalue weighted by Gasteiger charge is 2.55. The van der Waals surface area contributed by atoms with E-state index in [2.05, 4.69) is 10.00 Å². The van der Waals surface area contributed by atoms with E-state index in [9.17, 15) is 9.18 Å². The number of aromatic nitrogens is 2. The lowest BCUT2D eigenvalue weighted by Gasteiger charge is -2.61. The van der Waals surface area contributed by atoms with E-state index in [1.54, 1.807) is 36.2 Å². The van der Waals surface area contributed by atoms with Crippen LogP contribution in [0.2, 0.25) is 0 Å². The number of hydrogen-bond donors (Lipinski definition) is 0. The molecule has 1 unspecified atom stereocenters. The van der Waals surface area contributed by atoms with E-state index in [0.29, 0.717) is 25.3 Å². The molecule has 0 radical (unpaired) electrons.